The van der Waals surface area contributed by atoms with Gasteiger partial charge in [-0.05, 0) is 42.8 Å². The Labute approximate surface area is 155 Å². The predicted molar refractivity (Wildman–Crippen MR) is 100 cm³/mol. The van der Waals surface area contributed by atoms with Crippen molar-refractivity contribution in [3.63, 3.8) is 0 Å². The van der Waals surface area contributed by atoms with Crippen LogP contribution in [0, 0.1) is 5.82 Å². The molecule has 1 heterocycles. The van der Waals surface area contributed by atoms with Crippen LogP contribution in [0.5, 0.6) is 0 Å². The van der Waals surface area contributed by atoms with Gasteiger partial charge in [0.05, 0.1) is 5.57 Å². The van der Waals surface area contributed by atoms with E-state index in [9.17, 15) is 18.8 Å². The molecule has 0 atom stereocenters. The molecule has 0 saturated heterocycles. The normalized spacial score (nSPS) is 14.0. The summed E-state index contributed by atoms with van der Waals surface area (Å²) >= 11 is 0. The Balaban J connectivity index is 2.02. The van der Waals surface area contributed by atoms with Crippen LogP contribution >= 0.6 is 0 Å². The fraction of sp³-hybridized carbons (Fsp3) is 0.150. The molecule has 0 aliphatic carbocycles. The van der Waals surface area contributed by atoms with E-state index in [0.29, 0.717) is 16.9 Å². The highest BCUT2D eigenvalue weighted by atomic mass is 19.1. The summed E-state index contributed by atoms with van der Waals surface area (Å²) in [6, 6.07) is 12.3. The summed E-state index contributed by atoms with van der Waals surface area (Å²) in [6.45, 7) is 3.33. The van der Waals surface area contributed by atoms with E-state index in [0.717, 1.165) is 4.90 Å². The second kappa shape index (κ2) is 7.41. The predicted octanol–water partition coefficient (Wildman–Crippen LogP) is 3.00. The number of benzene rings is 2. The lowest BCUT2D eigenvalue weighted by Gasteiger charge is -2.12. The first-order valence-electron chi connectivity index (χ1n) is 8.41. The summed E-state index contributed by atoms with van der Waals surface area (Å²) < 4.78 is 13.5. The van der Waals surface area contributed by atoms with E-state index >= 15 is 0 Å². The molecule has 7 heteroatoms. The zero-order valence-corrected chi connectivity index (χ0v) is 14.9. The molecule has 1 aliphatic heterocycles. The minimum atomic E-state index is -0.465. The van der Waals surface area contributed by atoms with Crippen molar-refractivity contribution < 1.29 is 18.8 Å². The Hall–Kier alpha value is -3.48. The number of amides is 3. The quantitative estimate of drug-likeness (QED) is 0.797. The zero-order chi connectivity index (χ0) is 19.6. The van der Waals surface area contributed by atoms with Crippen LogP contribution in [0.2, 0.25) is 0 Å². The van der Waals surface area contributed by atoms with Crippen LogP contribution < -0.4 is 10.6 Å². The molecular weight excluding hydrogens is 349 g/mol. The molecule has 0 saturated carbocycles. The van der Waals surface area contributed by atoms with E-state index in [1.807, 2.05) is 0 Å². The third kappa shape index (κ3) is 3.72. The highest BCUT2D eigenvalue weighted by molar-refractivity contribution is 6.36. The summed E-state index contributed by atoms with van der Waals surface area (Å²) in [5.74, 6) is -1.55. The van der Waals surface area contributed by atoms with Gasteiger partial charge in [0.25, 0.3) is 11.8 Å². The maximum absolute atomic E-state index is 13.5. The van der Waals surface area contributed by atoms with Crippen molar-refractivity contribution in [2.75, 3.05) is 17.2 Å². The monoisotopic (exact) mass is 367 g/mol. The smallest absolute Gasteiger partial charge is 0.278 e. The van der Waals surface area contributed by atoms with Gasteiger partial charge in [0.1, 0.15) is 11.5 Å². The molecule has 0 spiro atoms. The largest absolute Gasteiger partial charge is 0.350 e. The number of hydrogen-bond acceptors (Lipinski definition) is 4. The number of carbonyl (C=O) groups excluding carboxylic acids is 3. The van der Waals surface area contributed by atoms with E-state index in [1.165, 1.54) is 25.1 Å². The standard InChI is InChI=1S/C20H18FN3O3/c1-3-24-19(26)17(13-7-9-15(10-8-13)22-12(2)25)18(20(24)27)23-16-6-4-5-14(21)11-16/h4-11,23H,3H2,1-2H3,(H,22,25). The lowest BCUT2D eigenvalue weighted by Crippen LogP contribution is -2.32. The average Bonchev–Trinajstić information content (AvgIpc) is 2.85. The van der Waals surface area contributed by atoms with Crippen molar-refractivity contribution in [2.45, 2.75) is 13.8 Å². The van der Waals surface area contributed by atoms with Crippen molar-refractivity contribution in [1.29, 1.82) is 0 Å². The summed E-state index contributed by atoms with van der Waals surface area (Å²) in [7, 11) is 0. The topological polar surface area (TPSA) is 78.5 Å². The zero-order valence-electron chi connectivity index (χ0n) is 14.9. The van der Waals surface area contributed by atoms with Gasteiger partial charge in [0.15, 0.2) is 0 Å². The first kappa shape index (κ1) is 18.3. The number of rotatable bonds is 5. The Morgan fingerprint density at radius 2 is 1.74 bits per heavy atom. The average molecular weight is 367 g/mol. The van der Waals surface area contributed by atoms with Gasteiger partial charge < -0.3 is 10.6 Å². The fourth-order valence-electron chi connectivity index (χ4n) is 2.88. The van der Waals surface area contributed by atoms with Gasteiger partial charge in [-0.3, -0.25) is 19.3 Å². The highest BCUT2D eigenvalue weighted by Crippen LogP contribution is 2.31. The van der Waals surface area contributed by atoms with Crippen LogP contribution in [0.1, 0.15) is 19.4 Å². The Bertz CT molecular complexity index is 951. The second-order valence-electron chi connectivity index (χ2n) is 6.00. The first-order valence-corrected chi connectivity index (χ1v) is 8.41. The van der Waals surface area contributed by atoms with Gasteiger partial charge in [-0.15, -0.1) is 0 Å². The van der Waals surface area contributed by atoms with E-state index in [1.54, 1.807) is 37.3 Å². The van der Waals surface area contributed by atoms with Crippen molar-refractivity contribution in [2.24, 2.45) is 0 Å². The van der Waals surface area contributed by atoms with Crippen LogP contribution in [0.4, 0.5) is 15.8 Å². The summed E-state index contributed by atoms with van der Waals surface area (Å²) in [5.41, 5.74) is 1.78. The maximum atomic E-state index is 13.5. The molecule has 3 amide bonds. The van der Waals surface area contributed by atoms with Gasteiger partial charge >= 0.3 is 0 Å². The number of likely N-dealkylation sites (N-methyl/N-ethyl adjacent to an activating group) is 1. The van der Waals surface area contributed by atoms with Crippen molar-refractivity contribution in [3.05, 3.63) is 65.6 Å². The molecule has 6 nitrogen and oxygen atoms in total. The molecule has 27 heavy (non-hydrogen) atoms. The SMILES string of the molecule is CCN1C(=O)C(Nc2cccc(F)c2)=C(c2ccc(NC(C)=O)cc2)C1=O. The van der Waals surface area contributed by atoms with Gasteiger partial charge in [-0.2, -0.15) is 0 Å². The van der Waals surface area contributed by atoms with E-state index < -0.39 is 17.6 Å². The molecule has 2 aromatic rings. The Morgan fingerprint density at radius 3 is 2.33 bits per heavy atom. The second-order valence-corrected chi connectivity index (χ2v) is 6.00. The number of hydrogen-bond donors (Lipinski definition) is 2. The minimum Gasteiger partial charge on any atom is -0.350 e. The van der Waals surface area contributed by atoms with Crippen LogP contribution in [0.25, 0.3) is 5.57 Å². The molecule has 0 aromatic heterocycles. The number of imide groups is 1. The Morgan fingerprint density at radius 1 is 1.04 bits per heavy atom. The van der Waals surface area contributed by atoms with Crippen molar-refractivity contribution >= 4 is 34.7 Å². The number of nitrogens with zero attached hydrogens (tertiary/aromatic N) is 1. The summed E-state index contributed by atoms with van der Waals surface area (Å²) in [4.78, 5) is 37.7. The lowest BCUT2D eigenvalue weighted by atomic mass is 10.0. The third-order valence-corrected chi connectivity index (χ3v) is 4.07. The first-order chi connectivity index (χ1) is 12.9. The molecule has 0 fully saturated rings. The summed E-state index contributed by atoms with van der Waals surface area (Å²) in [6.07, 6.45) is 0. The van der Waals surface area contributed by atoms with Crippen LogP contribution in [-0.4, -0.2) is 29.2 Å². The maximum Gasteiger partial charge on any atom is 0.278 e. The van der Waals surface area contributed by atoms with E-state index in [2.05, 4.69) is 10.6 Å². The molecule has 0 radical (unpaired) electrons. The number of carbonyl (C=O) groups is 3. The van der Waals surface area contributed by atoms with E-state index in [4.69, 9.17) is 0 Å². The van der Waals surface area contributed by atoms with Gasteiger partial charge in [-0.25, -0.2) is 4.39 Å². The number of anilines is 2. The molecule has 0 bridgehead atoms. The molecule has 2 N–H and O–H groups in total. The molecule has 138 valence electrons. The number of nitrogens with one attached hydrogen (secondary N) is 2. The van der Waals surface area contributed by atoms with Crippen LogP contribution in [-0.2, 0) is 14.4 Å². The van der Waals surface area contributed by atoms with Gasteiger partial charge in [0, 0.05) is 24.8 Å². The van der Waals surface area contributed by atoms with Crippen LogP contribution in [0.15, 0.2) is 54.2 Å². The van der Waals surface area contributed by atoms with Crippen molar-refractivity contribution in [3.8, 4) is 0 Å². The van der Waals surface area contributed by atoms with E-state index in [-0.39, 0.29) is 23.7 Å². The van der Waals surface area contributed by atoms with Gasteiger partial charge in [-0.1, -0.05) is 18.2 Å². The number of halogens is 1. The third-order valence-electron chi connectivity index (χ3n) is 4.07. The molecule has 0 unspecified atom stereocenters. The lowest BCUT2D eigenvalue weighted by molar-refractivity contribution is -0.136. The molecular formula is C20H18FN3O3. The molecule has 3 rings (SSSR count). The Kier molecular flexibility index (Phi) is 5.03. The molecule has 2 aromatic carbocycles. The van der Waals surface area contributed by atoms with Crippen LogP contribution in [0.3, 0.4) is 0 Å². The molecule has 1 aliphatic rings. The fourth-order valence-corrected chi connectivity index (χ4v) is 2.88. The minimum absolute atomic E-state index is 0.0970. The summed E-state index contributed by atoms with van der Waals surface area (Å²) in [5, 5.41) is 5.52. The van der Waals surface area contributed by atoms with Crippen molar-refractivity contribution in [1.82, 2.24) is 4.90 Å². The van der Waals surface area contributed by atoms with Gasteiger partial charge in [0.2, 0.25) is 5.91 Å². The highest BCUT2D eigenvalue weighted by Gasteiger charge is 2.38.